The number of ketones is 1. The SMILES string of the molecule is CCN(CC(O)Cc1ccc(Nc2ncc(C(=O)c3cc(F)ccc3OC)c(N)n2)cc1)C(=O)OC(C)(C)C. The number of rotatable bonds is 10. The Labute approximate surface area is 227 Å². The highest BCUT2D eigenvalue weighted by molar-refractivity contribution is 6.13. The molecular weight excluding hydrogens is 505 g/mol. The van der Waals surface area contributed by atoms with Gasteiger partial charge in [-0.1, -0.05) is 12.1 Å². The van der Waals surface area contributed by atoms with Gasteiger partial charge in [-0.2, -0.15) is 4.98 Å². The van der Waals surface area contributed by atoms with E-state index in [0.29, 0.717) is 18.7 Å². The number of hydrogen-bond donors (Lipinski definition) is 3. The fourth-order valence-electron chi connectivity index (χ4n) is 3.74. The van der Waals surface area contributed by atoms with E-state index in [1.54, 1.807) is 32.9 Å². The van der Waals surface area contributed by atoms with Crippen LogP contribution in [0.15, 0.2) is 48.7 Å². The van der Waals surface area contributed by atoms with Crippen LogP contribution in [0.5, 0.6) is 5.75 Å². The molecule has 1 heterocycles. The monoisotopic (exact) mass is 539 g/mol. The summed E-state index contributed by atoms with van der Waals surface area (Å²) in [4.78, 5) is 35.0. The van der Waals surface area contributed by atoms with Crippen molar-refractivity contribution < 1.29 is 28.6 Å². The van der Waals surface area contributed by atoms with E-state index in [9.17, 15) is 19.1 Å². The lowest BCUT2D eigenvalue weighted by molar-refractivity contribution is 0.0159. The summed E-state index contributed by atoms with van der Waals surface area (Å²) >= 11 is 0. The van der Waals surface area contributed by atoms with E-state index in [1.165, 1.54) is 30.3 Å². The van der Waals surface area contributed by atoms with Gasteiger partial charge in [0.25, 0.3) is 0 Å². The Bertz CT molecular complexity index is 1310. The van der Waals surface area contributed by atoms with Crippen LogP contribution in [0.25, 0.3) is 0 Å². The number of anilines is 3. The molecule has 0 radical (unpaired) electrons. The van der Waals surface area contributed by atoms with Gasteiger partial charge in [0.15, 0.2) is 0 Å². The highest BCUT2D eigenvalue weighted by Crippen LogP contribution is 2.25. The number of ether oxygens (including phenoxy) is 2. The number of carbonyl (C=O) groups excluding carboxylic acids is 2. The zero-order valence-electron chi connectivity index (χ0n) is 22.7. The smallest absolute Gasteiger partial charge is 0.410 e. The van der Waals surface area contributed by atoms with Crippen molar-refractivity contribution in [3.63, 3.8) is 0 Å². The molecule has 1 unspecified atom stereocenters. The molecule has 0 aliphatic heterocycles. The van der Waals surface area contributed by atoms with Gasteiger partial charge in [-0.3, -0.25) is 4.79 Å². The van der Waals surface area contributed by atoms with E-state index < -0.39 is 29.4 Å². The standard InChI is InChI=1S/C28H34FN5O5/c1-6-34(27(37)39-28(2,3)4)16-20(35)13-17-7-10-19(11-8-17)32-26-31-15-22(25(30)33-26)24(36)21-14-18(29)9-12-23(21)38-5/h7-12,14-15,20,35H,6,13,16H2,1-5H3,(H3,30,31,32,33). The summed E-state index contributed by atoms with van der Waals surface area (Å²) in [7, 11) is 1.38. The second kappa shape index (κ2) is 12.5. The summed E-state index contributed by atoms with van der Waals surface area (Å²) in [5.74, 6) is -0.848. The van der Waals surface area contributed by atoms with Gasteiger partial charge >= 0.3 is 6.09 Å². The minimum atomic E-state index is -0.777. The van der Waals surface area contributed by atoms with Gasteiger partial charge in [0.2, 0.25) is 11.7 Å². The van der Waals surface area contributed by atoms with Crippen LogP contribution in [0.3, 0.4) is 0 Å². The quantitative estimate of drug-likeness (QED) is 0.321. The van der Waals surface area contributed by atoms with Crippen molar-refractivity contribution in [3.05, 3.63) is 71.2 Å². The van der Waals surface area contributed by atoms with Crippen molar-refractivity contribution in [1.82, 2.24) is 14.9 Å². The number of nitrogens with zero attached hydrogens (tertiary/aromatic N) is 3. The second-order valence-corrected chi connectivity index (χ2v) is 9.87. The molecule has 0 saturated heterocycles. The Morgan fingerprint density at radius 2 is 1.85 bits per heavy atom. The van der Waals surface area contributed by atoms with Crippen LogP contribution in [-0.2, 0) is 11.2 Å². The molecule has 0 saturated carbocycles. The maximum Gasteiger partial charge on any atom is 0.410 e. The minimum Gasteiger partial charge on any atom is -0.496 e. The molecule has 0 aliphatic rings. The second-order valence-electron chi connectivity index (χ2n) is 9.87. The molecule has 39 heavy (non-hydrogen) atoms. The zero-order chi connectivity index (χ0) is 28.7. The summed E-state index contributed by atoms with van der Waals surface area (Å²) in [6.45, 7) is 7.77. The maximum absolute atomic E-state index is 13.7. The van der Waals surface area contributed by atoms with Crippen molar-refractivity contribution in [3.8, 4) is 5.75 Å². The Balaban J connectivity index is 1.63. The van der Waals surface area contributed by atoms with Gasteiger partial charge < -0.3 is 30.5 Å². The summed E-state index contributed by atoms with van der Waals surface area (Å²) in [6, 6.07) is 10.8. The number of benzene rings is 2. The lowest BCUT2D eigenvalue weighted by Gasteiger charge is -2.28. The number of nitrogens with two attached hydrogens (primary N) is 1. The first-order valence-electron chi connectivity index (χ1n) is 12.4. The van der Waals surface area contributed by atoms with Gasteiger partial charge in [0.05, 0.1) is 30.9 Å². The number of aliphatic hydroxyl groups excluding tert-OH is 1. The number of aliphatic hydroxyl groups is 1. The normalized spacial score (nSPS) is 12.0. The molecule has 0 bridgehead atoms. The van der Waals surface area contributed by atoms with E-state index in [1.807, 2.05) is 19.1 Å². The van der Waals surface area contributed by atoms with Crippen LogP contribution < -0.4 is 15.8 Å². The average molecular weight is 540 g/mol. The number of nitrogen functional groups attached to an aromatic ring is 1. The molecule has 2 aromatic carbocycles. The van der Waals surface area contributed by atoms with Crippen molar-refractivity contribution in [1.29, 1.82) is 0 Å². The molecule has 10 nitrogen and oxygen atoms in total. The molecule has 4 N–H and O–H groups in total. The molecule has 0 aliphatic carbocycles. The zero-order valence-corrected chi connectivity index (χ0v) is 22.7. The summed E-state index contributed by atoms with van der Waals surface area (Å²) in [5, 5.41) is 13.5. The van der Waals surface area contributed by atoms with E-state index in [4.69, 9.17) is 15.2 Å². The lowest BCUT2D eigenvalue weighted by Crippen LogP contribution is -2.41. The molecule has 1 atom stereocenters. The number of halogens is 1. The fourth-order valence-corrected chi connectivity index (χ4v) is 3.74. The van der Waals surface area contributed by atoms with Gasteiger partial charge in [-0.25, -0.2) is 14.2 Å². The maximum atomic E-state index is 13.7. The third-order valence-electron chi connectivity index (χ3n) is 5.61. The predicted molar refractivity (Wildman–Crippen MR) is 146 cm³/mol. The number of methoxy groups -OCH3 is 1. The van der Waals surface area contributed by atoms with E-state index in [0.717, 1.165) is 11.6 Å². The van der Waals surface area contributed by atoms with E-state index in [-0.39, 0.29) is 35.2 Å². The first-order valence-corrected chi connectivity index (χ1v) is 12.4. The minimum absolute atomic E-state index is 0.0134. The van der Waals surface area contributed by atoms with Gasteiger partial charge in [0, 0.05) is 24.8 Å². The molecule has 0 spiro atoms. The first kappa shape index (κ1) is 29.3. The lowest BCUT2D eigenvalue weighted by atomic mass is 10.0. The van der Waals surface area contributed by atoms with Crippen LogP contribution in [-0.4, -0.2) is 63.8 Å². The Morgan fingerprint density at radius 1 is 1.15 bits per heavy atom. The van der Waals surface area contributed by atoms with Crippen LogP contribution in [0, 0.1) is 5.82 Å². The highest BCUT2D eigenvalue weighted by atomic mass is 19.1. The highest BCUT2D eigenvalue weighted by Gasteiger charge is 2.23. The summed E-state index contributed by atoms with van der Waals surface area (Å²) < 4.78 is 24.2. The first-order chi connectivity index (χ1) is 18.4. The number of amides is 1. The molecule has 3 aromatic rings. The van der Waals surface area contributed by atoms with Crippen LogP contribution in [0.4, 0.5) is 26.6 Å². The predicted octanol–water partition coefficient (Wildman–Crippen LogP) is 4.34. The van der Waals surface area contributed by atoms with Crippen LogP contribution in [0.1, 0.15) is 49.2 Å². The topological polar surface area (TPSA) is 140 Å². The number of likely N-dealkylation sites (N-methyl/N-ethyl adjacent to an activating group) is 1. The Kier molecular flexibility index (Phi) is 9.42. The van der Waals surface area contributed by atoms with Crippen molar-refractivity contribution in [2.45, 2.75) is 45.8 Å². The molecule has 3 rings (SSSR count). The number of hydrogen-bond acceptors (Lipinski definition) is 9. The van der Waals surface area contributed by atoms with Crippen molar-refractivity contribution in [2.75, 3.05) is 31.2 Å². The molecular formula is C28H34FN5O5. The molecule has 11 heteroatoms. The largest absolute Gasteiger partial charge is 0.496 e. The number of carbonyl (C=O) groups is 2. The van der Waals surface area contributed by atoms with Gasteiger partial charge in [-0.15, -0.1) is 0 Å². The summed E-state index contributed by atoms with van der Waals surface area (Å²) in [5.41, 5.74) is 6.95. The van der Waals surface area contributed by atoms with Crippen LogP contribution in [0.2, 0.25) is 0 Å². The summed E-state index contributed by atoms with van der Waals surface area (Å²) in [6.07, 6.45) is 0.363. The number of nitrogens with one attached hydrogen (secondary N) is 1. The molecule has 1 amide bonds. The fraction of sp³-hybridized carbons (Fsp3) is 0.357. The van der Waals surface area contributed by atoms with Crippen LogP contribution >= 0.6 is 0 Å². The average Bonchev–Trinajstić information content (AvgIpc) is 2.87. The Hall–Kier alpha value is -4.25. The van der Waals surface area contributed by atoms with Crippen molar-refractivity contribution in [2.24, 2.45) is 0 Å². The molecule has 208 valence electrons. The molecule has 0 fully saturated rings. The van der Waals surface area contributed by atoms with E-state index in [2.05, 4.69) is 15.3 Å². The molecule has 1 aromatic heterocycles. The van der Waals surface area contributed by atoms with Crippen molar-refractivity contribution >= 4 is 29.3 Å². The third kappa shape index (κ3) is 8.11. The van der Waals surface area contributed by atoms with Gasteiger partial charge in [-0.05, 0) is 63.6 Å². The number of aromatic nitrogens is 2. The van der Waals surface area contributed by atoms with E-state index >= 15 is 0 Å². The van der Waals surface area contributed by atoms with Gasteiger partial charge in [0.1, 0.15) is 23.0 Å². The Morgan fingerprint density at radius 3 is 2.44 bits per heavy atom. The third-order valence-corrected chi connectivity index (χ3v) is 5.61.